The number of hydrogen-bond acceptors (Lipinski definition) is 4. The van der Waals surface area contributed by atoms with Gasteiger partial charge in [-0.3, -0.25) is 14.2 Å². The summed E-state index contributed by atoms with van der Waals surface area (Å²) in [5.74, 6) is -0.375. The van der Waals surface area contributed by atoms with Crippen molar-refractivity contribution in [3.8, 4) is 0 Å². The Kier molecular flexibility index (Phi) is 5.55. The van der Waals surface area contributed by atoms with E-state index in [-0.39, 0.29) is 11.5 Å². The van der Waals surface area contributed by atoms with Gasteiger partial charge in [-0.2, -0.15) is 0 Å². The largest absolute Gasteiger partial charge is 0.356 e. The van der Waals surface area contributed by atoms with Crippen molar-refractivity contribution >= 4 is 29.0 Å². The van der Waals surface area contributed by atoms with Gasteiger partial charge >= 0.3 is 5.69 Å². The molecular formula is C21H20N4O3. The number of para-hydroxylation sites is 1. The first-order valence-corrected chi connectivity index (χ1v) is 8.62. The van der Waals surface area contributed by atoms with E-state index < -0.39 is 11.2 Å². The van der Waals surface area contributed by atoms with E-state index in [9.17, 15) is 14.4 Å². The molecule has 0 fully saturated rings. The number of carbonyl (C=O) groups excluding carboxylic acids is 1. The Morgan fingerprint density at radius 2 is 1.50 bits per heavy atom. The minimum absolute atomic E-state index is 0.252. The molecule has 1 heterocycles. The minimum atomic E-state index is -0.455. The molecule has 0 spiro atoms. The number of hydrogen-bond donors (Lipinski definition) is 2. The fraction of sp³-hybridized carbons (Fsp3) is 0.0952. The molecule has 2 N–H and O–H groups in total. The van der Waals surface area contributed by atoms with Crippen molar-refractivity contribution in [3.05, 3.63) is 93.3 Å². The van der Waals surface area contributed by atoms with E-state index in [4.69, 9.17) is 0 Å². The Balaban J connectivity index is 1.66. The molecule has 1 amide bonds. The van der Waals surface area contributed by atoms with Gasteiger partial charge in [-0.15, -0.1) is 0 Å². The summed E-state index contributed by atoms with van der Waals surface area (Å²) in [5, 5.41) is 5.99. The summed E-state index contributed by atoms with van der Waals surface area (Å²) in [5.41, 5.74) is 1.87. The molecular weight excluding hydrogens is 356 g/mol. The van der Waals surface area contributed by atoms with E-state index in [2.05, 4.69) is 10.6 Å². The molecule has 0 saturated heterocycles. The molecule has 0 aliphatic rings. The fourth-order valence-corrected chi connectivity index (χ4v) is 2.62. The van der Waals surface area contributed by atoms with Crippen molar-refractivity contribution in [2.24, 2.45) is 14.1 Å². The fourth-order valence-electron chi connectivity index (χ4n) is 2.62. The first kappa shape index (κ1) is 18.9. The minimum Gasteiger partial charge on any atom is -0.356 e. The summed E-state index contributed by atoms with van der Waals surface area (Å²) in [6.45, 7) is 0. The van der Waals surface area contributed by atoms with Crippen LogP contribution in [0.4, 0.5) is 17.1 Å². The highest BCUT2D eigenvalue weighted by Gasteiger charge is 2.05. The Morgan fingerprint density at radius 3 is 2.18 bits per heavy atom. The van der Waals surface area contributed by atoms with Crippen molar-refractivity contribution in [1.82, 2.24) is 9.13 Å². The number of nitrogens with zero attached hydrogens (tertiary/aromatic N) is 2. The number of rotatable bonds is 5. The van der Waals surface area contributed by atoms with Crippen molar-refractivity contribution < 1.29 is 4.79 Å². The lowest BCUT2D eigenvalue weighted by atomic mass is 10.2. The van der Waals surface area contributed by atoms with Gasteiger partial charge < -0.3 is 15.2 Å². The summed E-state index contributed by atoms with van der Waals surface area (Å²) in [6.07, 6.45) is 4.05. The molecule has 3 rings (SSSR count). The van der Waals surface area contributed by atoms with Gasteiger partial charge in [0.25, 0.3) is 5.56 Å². The third kappa shape index (κ3) is 4.45. The van der Waals surface area contributed by atoms with E-state index in [1.807, 2.05) is 42.5 Å². The number of amides is 1. The maximum Gasteiger partial charge on any atom is 0.330 e. The van der Waals surface area contributed by atoms with Crippen molar-refractivity contribution in [1.29, 1.82) is 0 Å². The van der Waals surface area contributed by atoms with E-state index >= 15 is 0 Å². The van der Waals surface area contributed by atoms with Gasteiger partial charge in [-0.25, -0.2) is 4.79 Å². The predicted molar refractivity (Wildman–Crippen MR) is 111 cm³/mol. The number of aromatic nitrogens is 2. The van der Waals surface area contributed by atoms with Crippen molar-refractivity contribution in [2.45, 2.75) is 0 Å². The lowest BCUT2D eigenvalue weighted by Gasteiger charge is -2.08. The van der Waals surface area contributed by atoms with Crippen LogP contribution >= 0.6 is 0 Å². The predicted octanol–water partition coefficient (Wildman–Crippen LogP) is 2.48. The van der Waals surface area contributed by atoms with Crippen LogP contribution in [0.25, 0.3) is 6.08 Å². The first-order valence-electron chi connectivity index (χ1n) is 8.62. The topological polar surface area (TPSA) is 85.1 Å². The third-order valence-corrected chi connectivity index (χ3v) is 4.10. The standard InChI is InChI=1S/C21H20N4O3/c1-24-14-15(20(27)25(2)21(24)28)8-13-19(26)23-18-11-9-17(10-12-18)22-16-6-4-3-5-7-16/h3-14,22H,1-2H3,(H,23,26). The van der Waals surface area contributed by atoms with Gasteiger partial charge in [0.1, 0.15) is 0 Å². The smallest absolute Gasteiger partial charge is 0.330 e. The summed E-state index contributed by atoms with van der Waals surface area (Å²) >= 11 is 0. The normalized spacial score (nSPS) is 10.8. The number of carbonyl (C=O) groups is 1. The first-order chi connectivity index (χ1) is 13.4. The van der Waals surface area contributed by atoms with Gasteiger partial charge in [0, 0.05) is 43.4 Å². The molecule has 0 bridgehead atoms. The number of nitrogens with one attached hydrogen (secondary N) is 2. The van der Waals surface area contributed by atoms with Crippen LogP contribution in [-0.2, 0) is 18.9 Å². The Morgan fingerprint density at radius 1 is 0.893 bits per heavy atom. The van der Waals surface area contributed by atoms with E-state index in [1.165, 1.54) is 30.0 Å². The summed E-state index contributed by atoms with van der Waals surface area (Å²) in [6, 6.07) is 17.0. The maximum atomic E-state index is 12.1. The molecule has 2 aromatic carbocycles. The van der Waals surface area contributed by atoms with Crippen LogP contribution < -0.4 is 21.9 Å². The molecule has 0 radical (unpaired) electrons. The molecule has 0 aliphatic carbocycles. The van der Waals surface area contributed by atoms with E-state index in [0.29, 0.717) is 5.69 Å². The van der Waals surface area contributed by atoms with Crippen LogP contribution in [0.1, 0.15) is 5.56 Å². The average Bonchev–Trinajstić information content (AvgIpc) is 2.70. The highest BCUT2D eigenvalue weighted by atomic mass is 16.2. The zero-order valence-corrected chi connectivity index (χ0v) is 15.5. The average molecular weight is 376 g/mol. The van der Waals surface area contributed by atoms with Crippen molar-refractivity contribution in [3.63, 3.8) is 0 Å². The second-order valence-electron chi connectivity index (χ2n) is 6.23. The molecule has 0 atom stereocenters. The second kappa shape index (κ2) is 8.22. The lowest BCUT2D eigenvalue weighted by Crippen LogP contribution is -2.37. The SMILES string of the molecule is Cn1cc(C=CC(=O)Nc2ccc(Nc3ccccc3)cc2)c(=O)n(C)c1=O. The molecule has 0 aliphatic heterocycles. The van der Waals surface area contributed by atoms with Crippen LogP contribution in [0.5, 0.6) is 0 Å². The van der Waals surface area contributed by atoms with Crippen LogP contribution in [0.3, 0.4) is 0 Å². The highest BCUT2D eigenvalue weighted by molar-refractivity contribution is 6.01. The second-order valence-corrected chi connectivity index (χ2v) is 6.23. The molecule has 7 nitrogen and oxygen atoms in total. The van der Waals surface area contributed by atoms with E-state index in [0.717, 1.165) is 15.9 Å². The lowest BCUT2D eigenvalue weighted by molar-refractivity contribution is -0.111. The van der Waals surface area contributed by atoms with Crippen LogP contribution in [0.15, 0.2) is 76.5 Å². The zero-order chi connectivity index (χ0) is 20.1. The van der Waals surface area contributed by atoms with Gasteiger partial charge in [-0.05, 0) is 42.5 Å². The number of anilines is 3. The molecule has 28 heavy (non-hydrogen) atoms. The maximum absolute atomic E-state index is 12.1. The van der Waals surface area contributed by atoms with E-state index in [1.54, 1.807) is 19.2 Å². The van der Waals surface area contributed by atoms with Gasteiger partial charge in [-0.1, -0.05) is 18.2 Å². The van der Waals surface area contributed by atoms with Crippen molar-refractivity contribution in [2.75, 3.05) is 10.6 Å². The molecule has 0 unspecified atom stereocenters. The highest BCUT2D eigenvalue weighted by Crippen LogP contribution is 2.18. The molecule has 142 valence electrons. The summed E-state index contributed by atoms with van der Waals surface area (Å²) in [4.78, 5) is 35.9. The van der Waals surface area contributed by atoms with Gasteiger partial charge in [0.05, 0.1) is 5.56 Å². The van der Waals surface area contributed by atoms with Gasteiger partial charge in [0.2, 0.25) is 5.91 Å². The zero-order valence-electron chi connectivity index (χ0n) is 15.5. The summed E-state index contributed by atoms with van der Waals surface area (Å²) < 4.78 is 2.29. The van der Waals surface area contributed by atoms with Crippen LogP contribution in [0, 0.1) is 0 Å². The Hall–Kier alpha value is -3.87. The molecule has 0 saturated carbocycles. The summed E-state index contributed by atoms with van der Waals surface area (Å²) in [7, 11) is 2.94. The Bertz CT molecular complexity index is 1130. The van der Waals surface area contributed by atoms with Crippen LogP contribution in [-0.4, -0.2) is 15.0 Å². The molecule has 3 aromatic rings. The Labute approximate surface area is 161 Å². The molecule has 1 aromatic heterocycles. The molecule has 7 heteroatoms. The van der Waals surface area contributed by atoms with Crippen LogP contribution in [0.2, 0.25) is 0 Å². The van der Waals surface area contributed by atoms with Gasteiger partial charge in [0.15, 0.2) is 0 Å². The number of benzene rings is 2. The number of aryl methyl sites for hydroxylation is 1. The quantitative estimate of drug-likeness (QED) is 0.670. The third-order valence-electron chi connectivity index (χ3n) is 4.10. The monoisotopic (exact) mass is 376 g/mol.